The van der Waals surface area contributed by atoms with E-state index < -0.39 is 11.7 Å². The molecule has 2 aliphatic carbocycles. The van der Waals surface area contributed by atoms with Crippen LogP contribution in [0, 0.1) is 0 Å². The van der Waals surface area contributed by atoms with Gasteiger partial charge in [-0.2, -0.15) is 18.2 Å². The molecule has 2 fully saturated rings. The van der Waals surface area contributed by atoms with E-state index in [0.29, 0.717) is 5.69 Å². The fraction of sp³-hybridized carbons (Fsp3) is 0.565. The second kappa shape index (κ2) is 9.32. The first kappa shape index (κ1) is 21.7. The van der Waals surface area contributed by atoms with Crippen molar-refractivity contribution in [2.75, 3.05) is 11.9 Å². The highest BCUT2D eigenvalue weighted by Crippen LogP contribution is 2.38. The molecule has 0 amide bonds. The maximum Gasteiger partial charge on any atom is 0.421 e. The minimum Gasteiger partial charge on any atom is -0.490 e. The molecule has 31 heavy (non-hydrogen) atoms. The zero-order valence-electron chi connectivity index (χ0n) is 17.7. The smallest absolute Gasteiger partial charge is 0.421 e. The van der Waals surface area contributed by atoms with Gasteiger partial charge >= 0.3 is 12.2 Å². The van der Waals surface area contributed by atoms with Crippen LogP contribution in [0.15, 0.2) is 30.5 Å². The zero-order chi connectivity index (χ0) is 21.8. The molecule has 1 heterocycles. The summed E-state index contributed by atoms with van der Waals surface area (Å²) in [5, 5.41) is 0. The first-order chi connectivity index (χ1) is 14.9. The largest absolute Gasteiger partial charge is 0.490 e. The van der Waals surface area contributed by atoms with Crippen LogP contribution in [0.5, 0.6) is 11.8 Å². The Hall–Kier alpha value is -2.51. The number of nitrogens with zero attached hydrogens (tertiary/aromatic N) is 3. The molecule has 8 heteroatoms. The van der Waals surface area contributed by atoms with Crippen molar-refractivity contribution < 1.29 is 22.6 Å². The fourth-order valence-electron chi connectivity index (χ4n) is 4.27. The number of aromatic nitrogens is 2. The Bertz CT molecular complexity index is 861. The van der Waals surface area contributed by atoms with Gasteiger partial charge in [0.05, 0.1) is 6.10 Å². The fourth-order valence-corrected chi connectivity index (χ4v) is 4.27. The van der Waals surface area contributed by atoms with E-state index in [2.05, 4.69) is 9.97 Å². The topological polar surface area (TPSA) is 47.5 Å². The number of hydrogen-bond donors (Lipinski definition) is 0. The van der Waals surface area contributed by atoms with Gasteiger partial charge in [0.2, 0.25) is 0 Å². The van der Waals surface area contributed by atoms with Gasteiger partial charge in [0.1, 0.15) is 17.4 Å². The Morgan fingerprint density at radius 1 is 0.871 bits per heavy atom. The van der Waals surface area contributed by atoms with Gasteiger partial charge in [-0.05, 0) is 75.6 Å². The summed E-state index contributed by atoms with van der Waals surface area (Å²) in [5.74, 6) is 0.504. The summed E-state index contributed by atoms with van der Waals surface area (Å²) in [5.41, 5.74) is -0.316. The van der Waals surface area contributed by atoms with E-state index in [9.17, 15) is 13.2 Å². The van der Waals surface area contributed by atoms with Crippen LogP contribution in [0.25, 0.3) is 0 Å². The third kappa shape index (κ3) is 5.40. The Morgan fingerprint density at radius 3 is 2.06 bits per heavy atom. The normalized spacial score (nSPS) is 18.2. The van der Waals surface area contributed by atoms with E-state index in [1.807, 2.05) is 0 Å². The second-order valence-corrected chi connectivity index (χ2v) is 8.34. The van der Waals surface area contributed by atoms with Crippen LogP contribution < -0.4 is 14.4 Å². The predicted molar refractivity (Wildman–Crippen MR) is 112 cm³/mol. The van der Waals surface area contributed by atoms with Crippen LogP contribution in [0.3, 0.4) is 0 Å². The number of hydrogen-bond acceptors (Lipinski definition) is 5. The summed E-state index contributed by atoms with van der Waals surface area (Å²) < 4.78 is 52.6. The lowest BCUT2D eigenvalue weighted by Gasteiger charge is -2.25. The summed E-state index contributed by atoms with van der Waals surface area (Å²) in [6, 6.07) is 7.07. The predicted octanol–water partition coefficient (Wildman–Crippen LogP) is 6.30. The Morgan fingerprint density at radius 2 is 1.45 bits per heavy atom. The van der Waals surface area contributed by atoms with Gasteiger partial charge in [-0.1, -0.05) is 6.42 Å². The maximum atomic E-state index is 13.6. The van der Waals surface area contributed by atoms with E-state index in [-0.39, 0.29) is 24.0 Å². The molecule has 1 aromatic carbocycles. The summed E-state index contributed by atoms with van der Waals surface area (Å²) in [4.78, 5) is 9.37. The van der Waals surface area contributed by atoms with Crippen molar-refractivity contribution in [3.8, 4) is 11.8 Å². The third-order valence-electron chi connectivity index (χ3n) is 6.02. The monoisotopic (exact) mass is 435 g/mol. The molecule has 1 aromatic heterocycles. The lowest BCUT2D eigenvalue weighted by Crippen LogP contribution is -2.21. The maximum absolute atomic E-state index is 13.6. The summed E-state index contributed by atoms with van der Waals surface area (Å²) in [7, 11) is 1.56. The summed E-state index contributed by atoms with van der Waals surface area (Å²) in [6.45, 7) is 0. The molecule has 168 valence electrons. The molecule has 0 unspecified atom stereocenters. The van der Waals surface area contributed by atoms with Crippen molar-refractivity contribution in [2.45, 2.75) is 76.2 Å². The van der Waals surface area contributed by atoms with E-state index in [0.717, 1.165) is 50.5 Å². The molecule has 2 aliphatic rings. The van der Waals surface area contributed by atoms with Crippen LogP contribution in [0.4, 0.5) is 24.7 Å². The highest BCUT2D eigenvalue weighted by Gasteiger charge is 2.37. The molecule has 0 aliphatic heterocycles. The van der Waals surface area contributed by atoms with Crippen LogP contribution in [0.1, 0.15) is 63.4 Å². The van der Waals surface area contributed by atoms with Gasteiger partial charge in [-0.25, -0.2) is 4.98 Å². The van der Waals surface area contributed by atoms with Crippen LogP contribution in [-0.4, -0.2) is 29.2 Å². The molecule has 2 saturated carbocycles. The van der Waals surface area contributed by atoms with E-state index >= 15 is 0 Å². The molecule has 2 aromatic rings. The number of anilines is 2. The lowest BCUT2D eigenvalue weighted by molar-refractivity contribution is -0.137. The number of alkyl halides is 3. The molecule has 0 spiro atoms. The zero-order valence-corrected chi connectivity index (χ0v) is 17.7. The molecule has 0 bridgehead atoms. The van der Waals surface area contributed by atoms with Gasteiger partial charge in [0.25, 0.3) is 0 Å². The molecule has 5 nitrogen and oxygen atoms in total. The highest BCUT2D eigenvalue weighted by molar-refractivity contribution is 5.63. The van der Waals surface area contributed by atoms with Crippen molar-refractivity contribution in [1.29, 1.82) is 0 Å². The quantitative estimate of drug-likeness (QED) is 0.533. The average Bonchev–Trinajstić information content (AvgIpc) is 3.27. The van der Waals surface area contributed by atoms with E-state index in [4.69, 9.17) is 9.47 Å². The Balaban J connectivity index is 1.54. The van der Waals surface area contributed by atoms with E-state index in [1.165, 1.54) is 24.2 Å². The van der Waals surface area contributed by atoms with Crippen LogP contribution in [0.2, 0.25) is 0 Å². The van der Waals surface area contributed by atoms with Gasteiger partial charge in [-0.3, -0.25) is 0 Å². The molecule has 0 N–H and O–H groups in total. The standard InChI is InChI=1S/C23H28F3N3O2/c1-29(16-11-13-19(14-12-16)30-17-7-3-2-4-8-17)21-20(23(24,25)26)15-27-22(28-21)31-18-9-5-6-10-18/h11-15,17-18H,2-10H2,1H3. The van der Waals surface area contributed by atoms with Crippen molar-refractivity contribution in [2.24, 2.45) is 0 Å². The SMILES string of the molecule is CN(c1ccc(OC2CCCCC2)cc1)c1nc(OC2CCCC2)ncc1C(F)(F)F. The molecular formula is C23H28F3N3O2. The van der Waals surface area contributed by atoms with Crippen molar-refractivity contribution in [1.82, 2.24) is 9.97 Å². The molecule has 0 radical (unpaired) electrons. The van der Waals surface area contributed by atoms with Crippen molar-refractivity contribution in [3.63, 3.8) is 0 Å². The number of halogens is 3. The molecular weight excluding hydrogens is 407 g/mol. The lowest BCUT2D eigenvalue weighted by atomic mass is 9.98. The van der Waals surface area contributed by atoms with Gasteiger partial charge in [0, 0.05) is 18.9 Å². The van der Waals surface area contributed by atoms with Gasteiger partial charge in [-0.15, -0.1) is 0 Å². The summed E-state index contributed by atoms with van der Waals surface area (Å²) in [6.07, 6.45) is 5.94. The van der Waals surface area contributed by atoms with Gasteiger partial charge < -0.3 is 14.4 Å². The molecule has 4 rings (SSSR count). The minimum atomic E-state index is -4.57. The number of rotatable bonds is 6. The summed E-state index contributed by atoms with van der Waals surface area (Å²) >= 11 is 0. The van der Waals surface area contributed by atoms with Gasteiger partial charge in [0.15, 0.2) is 5.82 Å². The molecule has 0 saturated heterocycles. The highest BCUT2D eigenvalue weighted by atomic mass is 19.4. The Kier molecular flexibility index (Phi) is 6.53. The average molecular weight is 435 g/mol. The van der Waals surface area contributed by atoms with Crippen molar-refractivity contribution >= 4 is 11.5 Å². The number of benzene rings is 1. The first-order valence-electron chi connectivity index (χ1n) is 11.0. The van der Waals surface area contributed by atoms with E-state index in [1.54, 1.807) is 31.3 Å². The van der Waals surface area contributed by atoms with Crippen LogP contribution in [-0.2, 0) is 6.18 Å². The first-order valence-corrected chi connectivity index (χ1v) is 11.0. The minimum absolute atomic E-state index is 0.0148. The van der Waals surface area contributed by atoms with Crippen LogP contribution >= 0.6 is 0 Å². The second-order valence-electron chi connectivity index (χ2n) is 8.34. The Labute approximate surface area is 180 Å². The third-order valence-corrected chi connectivity index (χ3v) is 6.02. The molecule has 0 atom stereocenters. The number of ether oxygens (including phenoxy) is 2. The van der Waals surface area contributed by atoms with Crippen molar-refractivity contribution in [3.05, 3.63) is 36.0 Å².